The Balaban J connectivity index is 1.32. The molecule has 2 N–H and O–H groups in total. The smallest absolute Gasteiger partial charge is 0.407 e. The van der Waals surface area contributed by atoms with Crippen LogP contribution < -0.4 is 5.32 Å². The van der Waals surface area contributed by atoms with E-state index in [0.29, 0.717) is 18.3 Å². The number of aromatic nitrogens is 1. The molecule has 1 aliphatic heterocycles. The fourth-order valence-electron chi connectivity index (χ4n) is 5.85. The molecule has 1 aliphatic carbocycles. The minimum Gasteiger partial charge on any atom is -0.444 e. The Morgan fingerprint density at radius 3 is 2.54 bits per heavy atom. The second-order valence-corrected chi connectivity index (χ2v) is 11.9. The Bertz CT molecular complexity index is 1030. The van der Waals surface area contributed by atoms with Gasteiger partial charge in [-0.25, -0.2) is 4.79 Å². The van der Waals surface area contributed by atoms with Crippen LogP contribution in [0.4, 0.5) is 4.79 Å². The molecule has 4 rings (SSSR count). The van der Waals surface area contributed by atoms with Crippen LogP contribution in [0.5, 0.6) is 0 Å². The zero-order valence-corrected chi connectivity index (χ0v) is 22.2. The number of hydrogen-bond donors (Lipinski definition) is 2. The first-order valence-corrected chi connectivity index (χ1v) is 13.5. The van der Waals surface area contributed by atoms with Crippen LogP contribution in [0.1, 0.15) is 96.9 Å². The number of carbonyl (C=O) groups excluding carboxylic acids is 2. The van der Waals surface area contributed by atoms with Crippen LogP contribution in [0.15, 0.2) is 24.3 Å². The van der Waals surface area contributed by atoms with E-state index < -0.39 is 5.60 Å². The number of hydrogen-bond acceptors (Lipinski definition) is 3. The molecule has 0 radical (unpaired) electrons. The van der Waals surface area contributed by atoms with Gasteiger partial charge in [-0.3, -0.25) is 4.79 Å². The number of H-pyrrole nitrogens is 1. The van der Waals surface area contributed by atoms with Crippen LogP contribution in [-0.2, 0) is 16.0 Å². The molecule has 2 heterocycles. The molecule has 0 bridgehead atoms. The first-order valence-electron chi connectivity index (χ1n) is 13.5. The molecule has 1 unspecified atom stereocenters. The number of ether oxygens (including phenoxy) is 1. The van der Waals surface area contributed by atoms with Crippen molar-refractivity contribution < 1.29 is 14.3 Å². The summed E-state index contributed by atoms with van der Waals surface area (Å²) in [5, 5.41) is 4.32. The first-order chi connectivity index (χ1) is 16.6. The number of nitrogens with zero attached hydrogens (tertiary/aromatic N) is 1. The van der Waals surface area contributed by atoms with E-state index in [4.69, 9.17) is 4.74 Å². The molecule has 0 saturated heterocycles. The van der Waals surface area contributed by atoms with Gasteiger partial charge in [0, 0.05) is 35.6 Å². The average molecular weight is 482 g/mol. The third-order valence-electron chi connectivity index (χ3n) is 7.51. The largest absolute Gasteiger partial charge is 0.444 e. The maximum atomic E-state index is 13.4. The van der Waals surface area contributed by atoms with Gasteiger partial charge in [-0.1, -0.05) is 32.0 Å². The minimum atomic E-state index is -0.475. The molecular weight excluding hydrogens is 438 g/mol. The zero-order valence-electron chi connectivity index (χ0n) is 22.2. The Labute approximate surface area is 210 Å². The van der Waals surface area contributed by atoms with Crippen LogP contribution in [0.2, 0.25) is 0 Å². The lowest BCUT2D eigenvalue weighted by Gasteiger charge is -2.37. The third kappa shape index (κ3) is 6.39. The number of nitrogens with one attached hydrogen (secondary N) is 2. The van der Waals surface area contributed by atoms with Crippen molar-refractivity contribution in [2.24, 2.45) is 11.8 Å². The molecule has 6 nitrogen and oxygen atoms in total. The van der Waals surface area contributed by atoms with Crippen molar-refractivity contribution in [2.75, 3.05) is 6.54 Å². The van der Waals surface area contributed by atoms with Crippen molar-refractivity contribution in [2.45, 2.75) is 104 Å². The highest BCUT2D eigenvalue weighted by atomic mass is 16.6. The Morgan fingerprint density at radius 2 is 1.86 bits per heavy atom. The number of rotatable bonds is 6. The van der Waals surface area contributed by atoms with Crippen LogP contribution in [0.3, 0.4) is 0 Å². The Hall–Kier alpha value is -2.50. The monoisotopic (exact) mass is 481 g/mol. The molecule has 0 spiro atoms. The van der Waals surface area contributed by atoms with Crippen molar-refractivity contribution in [3.63, 3.8) is 0 Å². The van der Waals surface area contributed by atoms with E-state index in [1.807, 2.05) is 20.8 Å². The normalized spacial score (nSPS) is 22.8. The molecular formula is C29H43N3O3. The summed E-state index contributed by atoms with van der Waals surface area (Å²) in [4.78, 5) is 31.3. The lowest BCUT2D eigenvalue weighted by molar-refractivity contribution is -0.135. The molecule has 2 amide bonds. The topological polar surface area (TPSA) is 74.4 Å². The molecule has 1 aromatic carbocycles. The molecule has 6 heteroatoms. The van der Waals surface area contributed by atoms with Crippen LogP contribution >= 0.6 is 0 Å². The summed E-state index contributed by atoms with van der Waals surface area (Å²) < 4.78 is 5.39. The quantitative estimate of drug-likeness (QED) is 0.494. The minimum absolute atomic E-state index is 0.132. The molecule has 192 valence electrons. The molecule has 1 aromatic heterocycles. The third-order valence-corrected chi connectivity index (χ3v) is 7.51. The molecule has 35 heavy (non-hydrogen) atoms. The van der Waals surface area contributed by atoms with Crippen LogP contribution in [-0.4, -0.2) is 40.1 Å². The van der Waals surface area contributed by atoms with Crippen molar-refractivity contribution >= 4 is 22.9 Å². The second-order valence-electron chi connectivity index (χ2n) is 11.9. The zero-order chi connectivity index (χ0) is 25.2. The second kappa shape index (κ2) is 10.6. The standard InChI is InChI=1S/C29H43N3O3/c1-19(2)18-25-27-23(22-8-6-7-9-24(22)31-27)16-17-32(25)26(33)15-12-20-10-13-21(14-11-20)30-28(34)35-29(3,4)5/h6-9,19-21,25,31H,10-18H2,1-5H3,(H,30,34). The SMILES string of the molecule is CC(C)CC1c2[nH]c3ccccc3c2CCN1C(=O)CCC1CCC(NC(=O)OC(C)(C)C)CC1. The average Bonchev–Trinajstić information content (AvgIpc) is 3.16. The van der Waals surface area contributed by atoms with Gasteiger partial charge in [0.25, 0.3) is 0 Å². The molecule has 1 atom stereocenters. The van der Waals surface area contributed by atoms with Gasteiger partial charge < -0.3 is 19.9 Å². The van der Waals surface area contributed by atoms with E-state index >= 15 is 0 Å². The molecule has 2 aromatic rings. The maximum Gasteiger partial charge on any atom is 0.407 e. The summed E-state index contributed by atoms with van der Waals surface area (Å²) in [7, 11) is 0. The predicted octanol–water partition coefficient (Wildman–Crippen LogP) is 6.50. The summed E-state index contributed by atoms with van der Waals surface area (Å²) in [6.45, 7) is 10.9. The fourth-order valence-corrected chi connectivity index (χ4v) is 5.85. The highest BCUT2D eigenvalue weighted by Gasteiger charge is 2.34. The number of alkyl carbamates (subject to hydrolysis) is 1. The Morgan fingerprint density at radius 1 is 1.14 bits per heavy atom. The van der Waals surface area contributed by atoms with Crippen molar-refractivity contribution in [1.82, 2.24) is 15.2 Å². The van der Waals surface area contributed by atoms with Gasteiger partial charge in [0.2, 0.25) is 5.91 Å². The van der Waals surface area contributed by atoms with Gasteiger partial charge >= 0.3 is 6.09 Å². The Kier molecular flexibility index (Phi) is 7.77. The van der Waals surface area contributed by atoms with Gasteiger partial charge in [0.15, 0.2) is 0 Å². The summed E-state index contributed by atoms with van der Waals surface area (Å²) in [6, 6.07) is 8.82. The van der Waals surface area contributed by atoms with Crippen LogP contribution in [0.25, 0.3) is 10.9 Å². The van der Waals surface area contributed by atoms with Crippen molar-refractivity contribution in [3.8, 4) is 0 Å². The van der Waals surface area contributed by atoms with Crippen LogP contribution in [0, 0.1) is 11.8 Å². The van der Waals surface area contributed by atoms with Gasteiger partial charge in [-0.2, -0.15) is 0 Å². The predicted molar refractivity (Wildman–Crippen MR) is 140 cm³/mol. The van der Waals surface area contributed by atoms with Crippen molar-refractivity contribution in [1.29, 1.82) is 0 Å². The molecule has 2 aliphatic rings. The summed E-state index contributed by atoms with van der Waals surface area (Å²) in [5.41, 5.74) is 3.34. The van der Waals surface area contributed by atoms with E-state index in [1.165, 1.54) is 22.2 Å². The molecule has 1 saturated carbocycles. The van der Waals surface area contributed by atoms with Gasteiger partial charge in [-0.15, -0.1) is 0 Å². The number of para-hydroxylation sites is 1. The molecule has 1 fully saturated rings. The number of carbonyl (C=O) groups is 2. The van der Waals surface area contributed by atoms with Gasteiger partial charge in [0.1, 0.15) is 5.60 Å². The number of amides is 2. The lowest BCUT2D eigenvalue weighted by Crippen LogP contribution is -2.41. The summed E-state index contributed by atoms with van der Waals surface area (Å²) >= 11 is 0. The highest BCUT2D eigenvalue weighted by molar-refractivity contribution is 5.86. The fraction of sp³-hybridized carbons (Fsp3) is 0.655. The van der Waals surface area contributed by atoms with E-state index in [1.54, 1.807) is 0 Å². The number of fused-ring (bicyclic) bond motifs is 3. The maximum absolute atomic E-state index is 13.4. The van der Waals surface area contributed by atoms with E-state index in [9.17, 15) is 9.59 Å². The first kappa shape index (κ1) is 25.6. The van der Waals surface area contributed by atoms with E-state index in [-0.39, 0.29) is 24.1 Å². The van der Waals surface area contributed by atoms with E-state index in [0.717, 1.165) is 51.5 Å². The lowest BCUT2D eigenvalue weighted by atomic mass is 9.83. The summed E-state index contributed by atoms with van der Waals surface area (Å²) in [5.74, 6) is 1.35. The number of aromatic amines is 1. The number of benzene rings is 1. The van der Waals surface area contributed by atoms with Gasteiger partial charge in [-0.05, 0) is 89.2 Å². The van der Waals surface area contributed by atoms with Gasteiger partial charge in [0.05, 0.1) is 6.04 Å². The van der Waals surface area contributed by atoms with E-state index in [2.05, 4.69) is 53.3 Å². The van der Waals surface area contributed by atoms with Crippen molar-refractivity contribution in [3.05, 3.63) is 35.5 Å². The highest BCUT2D eigenvalue weighted by Crippen LogP contribution is 2.38. The summed E-state index contributed by atoms with van der Waals surface area (Å²) in [6.07, 6.45) is 7.13.